The van der Waals surface area contributed by atoms with Gasteiger partial charge in [0.05, 0.1) is 27.9 Å². The molecule has 1 heterocycles. The van der Waals surface area contributed by atoms with Crippen LogP contribution in [0, 0.1) is 0 Å². The maximum atomic E-state index is 14.4. The van der Waals surface area contributed by atoms with Gasteiger partial charge >= 0.3 is 0 Å². The predicted octanol–water partition coefficient (Wildman–Crippen LogP) is 6.75. The number of nitrogens with zero attached hydrogens (tertiary/aromatic N) is 1. The number of fused-ring (bicyclic) bond motifs is 1. The van der Waals surface area contributed by atoms with Crippen LogP contribution in [-0.4, -0.2) is 50.8 Å². The summed E-state index contributed by atoms with van der Waals surface area (Å²) in [7, 11) is 4.61. The third-order valence-corrected chi connectivity index (χ3v) is 8.44. The van der Waals surface area contributed by atoms with Gasteiger partial charge in [-0.15, -0.1) is 0 Å². The Labute approximate surface area is 264 Å². The number of amides is 2. The maximum absolute atomic E-state index is 14.4. The summed E-state index contributed by atoms with van der Waals surface area (Å²) < 4.78 is 22.6. The number of carbonyl (C=O) groups is 2. The summed E-state index contributed by atoms with van der Waals surface area (Å²) in [4.78, 5) is 33.8. The highest BCUT2D eigenvalue weighted by Gasteiger charge is 2.35. The number of hydrogen-bond acceptors (Lipinski definition) is 6. The Bertz CT molecular complexity index is 1570. The Kier molecular flexibility index (Phi) is 10.5. The van der Waals surface area contributed by atoms with E-state index in [0.717, 1.165) is 48.6 Å². The molecule has 0 bridgehead atoms. The average Bonchev–Trinajstić information content (AvgIpc) is 3.49. The molecule has 1 aliphatic carbocycles. The molecule has 4 aromatic rings. The molecule has 0 saturated heterocycles. The summed E-state index contributed by atoms with van der Waals surface area (Å²) in [6.07, 6.45) is 7.74. The SMILES string of the molecule is CCOc1ccc(N(C(=O)CCc2c[nH]c3ccccc23)C(C(=O)NC2CCCCC2)c2cc(OC)c(OC)c(OC)c2)cc1. The number of aromatic nitrogens is 1. The second-order valence-electron chi connectivity index (χ2n) is 11.3. The van der Waals surface area contributed by atoms with Gasteiger partial charge in [0.1, 0.15) is 11.8 Å². The van der Waals surface area contributed by atoms with Crippen LogP contribution in [0.4, 0.5) is 5.69 Å². The number of methoxy groups -OCH3 is 3. The zero-order valence-corrected chi connectivity index (χ0v) is 26.6. The smallest absolute Gasteiger partial charge is 0.248 e. The average molecular weight is 614 g/mol. The van der Waals surface area contributed by atoms with E-state index in [2.05, 4.69) is 10.3 Å². The molecule has 0 radical (unpaired) electrons. The predicted molar refractivity (Wildman–Crippen MR) is 176 cm³/mol. The first-order valence-corrected chi connectivity index (χ1v) is 15.7. The van der Waals surface area contributed by atoms with Crippen LogP contribution < -0.4 is 29.2 Å². The van der Waals surface area contributed by atoms with E-state index in [1.54, 1.807) is 17.0 Å². The van der Waals surface area contributed by atoms with Gasteiger partial charge < -0.3 is 29.2 Å². The minimum atomic E-state index is -1.01. The minimum Gasteiger partial charge on any atom is -0.494 e. The first kappa shape index (κ1) is 31.8. The largest absolute Gasteiger partial charge is 0.494 e. The first-order valence-electron chi connectivity index (χ1n) is 15.7. The van der Waals surface area contributed by atoms with Crippen LogP contribution >= 0.6 is 0 Å². The van der Waals surface area contributed by atoms with Gasteiger partial charge in [0, 0.05) is 35.2 Å². The number of aryl methyl sites for hydroxylation is 1. The number of ether oxygens (including phenoxy) is 4. The molecule has 3 aromatic carbocycles. The van der Waals surface area contributed by atoms with Crippen molar-refractivity contribution in [1.82, 2.24) is 10.3 Å². The van der Waals surface area contributed by atoms with Crippen molar-refractivity contribution in [3.8, 4) is 23.0 Å². The van der Waals surface area contributed by atoms with Gasteiger partial charge in [-0.2, -0.15) is 0 Å². The quantitative estimate of drug-likeness (QED) is 0.173. The summed E-state index contributed by atoms with van der Waals surface area (Å²) >= 11 is 0. The summed E-state index contributed by atoms with van der Waals surface area (Å²) in [6, 6.07) is 17.9. The number of aromatic amines is 1. The number of carbonyl (C=O) groups excluding carboxylic acids is 2. The molecular weight excluding hydrogens is 570 g/mol. The van der Waals surface area contributed by atoms with E-state index >= 15 is 0 Å². The molecule has 1 fully saturated rings. The van der Waals surface area contributed by atoms with E-state index in [0.29, 0.717) is 47.3 Å². The third kappa shape index (κ3) is 7.19. The van der Waals surface area contributed by atoms with Crippen molar-refractivity contribution in [1.29, 1.82) is 0 Å². The molecule has 9 nitrogen and oxygen atoms in total. The van der Waals surface area contributed by atoms with Crippen molar-refractivity contribution in [2.24, 2.45) is 0 Å². The molecule has 9 heteroatoms. The number of hydrogen-bond donors (Lipinski definition) is 2. The van der Waals surface area contributed by atoms with Crippen molar-refractivity contribution in [3.05, 3.63) is 78.0 Å². The number of nitrogens with one attached hydrogen (secondary N) is 2. The fourth-order valence-corrected chi connectivity index (χ4v) is 6.21. The van der Waals surface area contributed by atoms with Crippen molar-refractivity contribution >= 4 is 28.4 Å². The van der Waals surface area contributed by atoms with Gasteiger partial charge in [0.15, 0.2) is 11.5 Å². The van der Waals surface area contributed by atoms with E-state index < -0.39 is 6.04 Å². The minimum absolute atomic E-state index is 0.0410. The van der Waals surface area contributed by atoms with Crippen LogP contribution in [0.5, 0.6) is 23.0 Å². The zero-order valence-electron chi connectivity index (χ0n) is 26.6. The number of H-pyrrole nitrogens is 1. The zero-order chi connectivity index (χ0) is 31.8. The van der Waals surface area contributed by atoms with E-state index in [9.17, 15) is 9.59 Å². The highest BCUT2D eigenvalue weighted by atomic mass is 16.5. The van der Waals surface area contributed by atoms with E-state index in [1.807, 2.05) is 61.7 Å². The molecule has 1 unspecified atom stereocenters. The Morgan fingerprint density at radius 1 is 0.933 bits per heavy atom. The highest BCUT2D eigenvalue weighted by Crippen LogP contribution is 2.42. The molecule has 238 valence electrons. The van der Waals surface area contributed by atoms with Crippen molar-refractivity contribution in [2.75, 3.05) is 32.8 Å². The molecular formula is C36H43N3O6. The molecule has 2 amide bonds. The molecule has 2 N–H and O–H groups in total. The summed E-state index contributed by atoms with van der Waals surface area (Å²) in [5, 5.41) is 4.35. The molecule has 0 spiro atoms. The van der Waals surface area contributed by atoms with E-state index in [4.69, 9.17) is 18.9 Å². The molecule has 45 heavy (non-hydrogen) atoms. The number of para-hydroxylation sites is 1. The van der Waals surface area contributed by atoms with Crippen molar-refractivity contribution < 1.29 is 28.5 Å². The Balaban J connectivity index is 1.58. The molecule has 1 atom stereocenters. The topological polar surface area (TPSA) is 102 Å². The van der Waals surface area contributed by atoms with Gasteiger partial charge in [-0.05, 0) is 79.8 Å². The van der Waals surface area contributed by atoms with Crippen molar-refractivity contribution in [2.45, 2.75) is 64.0 Å². The van der Waals surface area contributed by atoms with Gasteiger partial charge in [0.2, 0.25) is 17.6 Å². The monoisotopic (exact) mass is 613 g/mol. The molecule has 5 rings (SSSR count). The van der Waals surface area contributed by atoms with E-state index in [-0.39, 0.29) is 24.3 Å². The lowest BCUT2D eigenvalue weighted by atomic mass is 9.94. The van der Waals surface area contributed by atoms with Crippen LogP contribution in [0.25, 0.3) is 10.9 Å². The van der Waals surface area contributed by atoms with Crippen LogP contribution in [0.3, 0.4) is 0 Å². The second-order valence-corrected chi connectivity index (χ2v) is 11.3. The summed E-state index contributed by atoms with van der Waals surface area (Å²) in [5.41, 5.74) is 3.19. The Hall–Kier alpha value is -4.66. The number of benzene rings is 3. The van der Waals surface area contributed by atoms with Gasteiger partial charge in [-0.3, -0.25) is 14.5 Å². The van der Waals surface area contributed by atoms with E-state index in [1.165, 1.54) is 21.3 Å². The van der Waals surface area contributed by atoms with Crippen LogP contribution in [0.15, 0.2) is 66.9 Å². The molecule has 1 aromatic heterocycles. The highest BCUT2D eigenvalue weighted by molar-refractivity contribution is 6.02. The lowest BCUT2D eigenvalue weighted by Gasteiger charge is -2.34. The Morgan fingerprint density at radius 3 is 2.27 bits per heavy atom. The van der Waals surface area contributed by atoms with Gasteiger partial charge in [-0.1, -0.05) is 37.5 Å². The summed E-state index contributed by atoms with van der Waals surface area (Å²) in [5.74, 6) is 1.45. The molecule has 1 aliphatic rings. The van der Waals surface area contributed by atoms with Gasteiger partial charge in [-0.25, -0.2) is 0 Å². The third-order valence-electron chi connectivity index (χ3n) is 8.44. The van der Waals surface area contributed by atoms with Crippen LogP contribution in [0.1, 0.15) is 62.6 Å². The lowest BCUT2D eigenvalue weighted by molar-refractivity contribution is -0.127. The fourth-order valence-electron chi connectivity index (χ4n) is 6.21. The molecule has 0 aliphatic heterocycles. The standard InChI is InChI=1S/C36H43N3O6/c1-5-45-28-18-16-27(17-19-28)39(33(40)20-15-24-23-37-30-14-10-9-13-29(24)30)34(36(41)38-26-11-7-6-8-12-26)25-21-31(42-2)35(44-4)32(22-25)43-3/h9-10,13-14,16-19,21-23,26,34,37H,5-8,11-12,15,20H2,1-4H3,(H,38,41). The first-order chi connectivity index (χ1) is 22.0. The molecule has 1 saturated carbocycles. The lowest BCUT2D eigenvalue weighted by Crippen LogP contribution is -2.47. The van der Waals surface area contributed by atoms with Gasteiger partial charge in [0.25, 0.3) is 0 Å². The van der Waals surface area contributed by atoms with Crippen LogP contribution in [0.2, 0.25) is 0 Å². The fraction of sp³-hybridized carbons (Fsp3) is 0.389. The van der Waals surface area contributed by atoms with Crippen molar-refractivity contribution in [3.63, 3.8) is 0 Å². The number of anilines is 1. The number of rotatable bonds is 13. The van der Waals surface area contributed by atoms with Crippen LogP contribution in [-0.2, 0) is 16.0 Å². The Morgan fingerprint density at radius 2 is 1.62 bits per heavy atom. The second kappa shape index (κ2) is 14.9. The maximum Gasteiger partial charge on any atom is 0.248 e. The normalized spacial score (nSPS) is 14.0. The summed E-state index contributed by atoms with van der Waals surface area (Å²) in [6.45, 7) is 2.44.